The molecule has 9 rings (SSSR count). The zero-order chi connectivity index (χ0) is 44.5. The molecule has 1 saturated carbocycles. The Balaban J connectivity index is 0.742. The second-order valence-electron chi connectivity index (χ2n) is 18.2. The van der Waals surface area contributed by atoms with Gasteiger partial charge in [-0.15, -0.1) is 0 Å². The summed E-state index contributed by atoms with van der Waals surface area (Å²) in [7, 11) is 1.71. The van der Waals surface area contributed by atoms with E-state index in [0.29, 0.717) is 43.1 Å². The van der Waals surface area contributed by atoms with E-state index in [-0.39, 0.29) is 48.8 Å². The van der Waals surface area contributed by atoms with Crippen LogP contribution in [-0.2, 0) is 34.3 Å². The largest absolute Gasteiger partial charge is 0.393 e. The third-order valence-corrected chi connectivity index (χ3v) is 14.0. The highest BCUT2D eigenvalue weighted by molar-refractivity contribution is 6.00. The van der Waals surface area contributed by atoms with Gasteiger partial charge in [0.05, 0.1) is 36.3 Å². The molecule has 3 aromatic heterocycles. The van der Waals surface area contributed by atoms with Gasteiger partial charge in [-0.25, -0.2) is 9.78 Å². The molecule has 0 spiro atoms. The van der Waals surface area contributed by atoms with Crippen LogP contribution in [-0.4, -0.2) is 114 Å². The maximum absolute atomic E-state index is 13.1. The molecule has 1 atom stereocenters. The summed E-state index contributed by atoms with van der Waals surface area (Å²) < 4.78 is 50.0. The van der Waals surface area contributed by atoms with Crippen LogP contribution in [0.4, 0.5) is 19.1 Å². The fourth-order valence-corrected chi connectivity index (χ4v) is 10.3. The number of amides is 2. The fraction of sp³-hybridized carbons (Fsp3) is 0.553. The molecule has 4 fully saturated rings. The molecular formula is C47H58F3N9O5. The van der Waals surface area contributed by atoms with Crippen molar-refractivity contribution >= 4 is 39.8 Å². The topological polar surface area (TPSA) is 152 Å². The minimum atomic E-state index is -4.26. The van der Waals surface area contributed by atoms with Crippen LogP contribution in [0.1, 0.15) is 93.8 Å². The number of aliphatic hydroxyl groups is 1. The number of fused-ring (bicyclic) bond motifs is 2. The molecule has 2 amide bonds. The number of nitrogens with one attached hydrogen (secondary N) is 2. The number of benzene rings is 2. The summed E-state index contributed by atoms with van der Waals surface area (Å²) in [6.45, 7) is 5.30. The van der Waals surface area contributed by atoms with Gasteiger partial charge in [-0.05, 0) is 106 Å². The van der Waals surface area contributed by atoms with Crippen LogP contribution in [0.3, 0.4) is 0 Å². The van der Waals surface area contributed by atoms with E-state index in [9.17, 15) is 32.7 Å². The highest BCUT2D eigenvalue weighted by Gasteiger charge is 2.33. The first-order chi connectivity index (χ1) is 30.9. The zero-order valence-corrected chi connectivity index (χ0v) is 36.4. The lowest BCUT2D eigenvalue weighted by atomic mass is 9.93. The molecule has 17 heteroatoms. The number of carbonyl (C=O) groups excluding carboxylic acids is 2. The number of rotatable bonds is 13. The molecule has 342 valence electrons. The first-order valence-corrected chi connectivity index (χ1v) is 22.9. The van der Waals surface area contributed by atoms with Gasteiger partial charge in [-0.1, -0.05) is 30.3 Å². The van der Waals surface area contributed by atoms with Crippen molar-refractivity contribution in [1.29, 1.82) is 0 Å². The van der Waals surface area contributed by atoms with Gasteiger partial charge in [0.1, 0.15) is 11.7 Å². The van der Waals surface area contributed by atoms with Gasteiger partial charge in [0.15, 0.2) is 0 Å². The van der Waals surface area contributed by atoms with Gasteiger partial charge in [-0.3, -0.25) is 28.9 Å². The number of alkyl halides is 3. The van der Waals surface area contributed by atoms with Crippen molar-refractivity contribution in [2.24, 2.45) is 7.05 Å². The molecule has 3 aliphatic heterocycles. The van der Waals surface area contributed by atoms with Crippen molar-refractivity contribution in [3.63, 3.8) is 0 Å². The highest BCUT2D eigenvalue weighted by atomic mass is 19.4. The minimum Gasteiger partial charge on any atom is -0.393 e. The number of likely N-dealkylation sites (tertiary alicyclic amines) is 2. The van der Waals surface area contributed by atoms with Crippen LogP contribution in [0, 0.1) is 0 Å². The second-order valence-corrected chi connectivity index (χ2v) is 18.2. The number of halogens is 3. The summed E-state index contributed by atoms with van der Waals surface area (Å²) in [4.78, 5) is 51.6. The monoisotopic (exact) mass is 885 g/mol. The van der Waals surface area contributed by atoms with Gasteiger partial charge >= 0.3 is 11.9 Å². The van der Waals surface area contributed by atoms with Crippen LogP contribution in [0.25, 0.3) is 33.2 Å². The van der Waals surface area contributed by atoms with Crippen LogP contribution >= 0.6 is 0 Å². The van der Waals surface area contributed by atoms with Crippen molar-refractivity contribution in [2.45, 2.75) is 120 Å². The predicted octanol–water partition coefficient (Wildman–Crippen LogP) is 6.26. The molecule has 1 aliphatic carbocycles. The molecule has 2 aromatic carbocycles. The fourth-order valence-electron chi connectivity index (χ4n) is 10.3. The highest BCUT2D eigenvalue weighted by Crippen LogP contribution is 2.37. The van der Waals surface area contributed by atoms with Gasteiger partial charge in [0.25, 0.3) is 0 Å². The number of aliphatic hydroxyl groups excluding tert-OH is 1. The number of nitrogens with zero attached hydrogens (tertiary/aromatic N) is 7. The Labute approximate surface area is 369 Å². The number of carbonyl (C=O) groups is 2. The quantitative estimate of drug-likeness (QED) is 0.116. The molecule has 64 heavy (non-hydrogen) atoms. The van der Waals surface area contributed by atoms with E-state index in [1.54, 1.807) is 17.8 Å². The van der Waals surface area contributed by atoms with Crippen LogP contribution in [0.5, 0.6) is 0 Å². The normalized spacial score (nSPS) is 22.4. The Kier molecular flexibility index (Phi) is 12.9. The molecule has 4 aliphatic rings. The summed E-state index contributed by atoms with van der Waals surface area (Å²) in [5.74, 6) is -0.566. The van der Waals surface area contributed by atoms with E-state index in [2.05, 4.69) is 60.4 Å². The molecule has 3 saturated heterocycles. The molecule has 3 N–H and O–H groups in total. The zero-order valence-electron chi connectivity index (χ0n) is 36.4. The lowest BCUT2D eigenvalue weighted by Gasteiger charge is -2.41. The number of piperidine rings is 3. The lowest BCUT2D eigenvalue weighted by Crippen LogP contribution is -2.48. The molecule has 5 aromatic rings. The average molecular weight is 886 g/mol. The smallest absolute Gasteiger partial charge is 0.390 e. The Morgan fingerprint density at radius 1 is 0.875 bits per heavy atom. The van der Waals surface area contributed by atoms with E-state index in [4.69, 9.17) is 9.72 Å². The van der Waals surface area contributed by atoms with Gasteiger partial charge in [0, 0.05) is 75.1 Å². The van der Waals surface area contributed by atoms with E-state index in [0.717, 1.165) is 105 Å². The SMILES string of the molecule is Cn1c(=O)n([C@H]2CCC(=O)NC2=O)c2ccc(CCOC3CCN(C4CCN(Cc5ccc(-c6cn(C7CCC(O)CC7)c7nc(NCCC(F)(F)F)ncc67)cc5)CC4)CC3)cc21. The first-order valence-electron chi connectivity index (χ1n) is 22.9. The standard InChI is InChI=1S/C47H58F3N9O5/c1-55-41-26-30(4-11-39(41)59(46(55)63)40-12-13-42(61)53-44(40)62)18-25-64-36-16-23-57(24-17-36)33-14-21-56(22-15-33)28-31-2-5-32(6-3-31)38-29-58(34-7-9-35(60)10-8-34)43-37(38)27-52-45(54-43)51-20-19-47(48,49)50/h2-6,11,26-27,29,33-36,40,60H,7-10,12-25,28H2,1H3,(H,51,52,54)(H,53,61,62)/t34?,35?,40-/m0/s1. The van der Waals surface area contributed by atoms with Crippen molar-refractivity contribution in [2.75, 3.05) is 44.6 Å². The van der Waals surface area contributed by atoms with E-state index in [1.165, 1.54) is 10.1 Å². The summed E-state index contributed by atoms with van der Waals surface area (Å²) in [6, 6.07) is 14.5. The third-order valence-electron chi connectivity index (χ3n) is 14.0. The summed E-state index contributed by atoms with van der Waals surface area (Å²) >= 11 is 0. The third kappa shape index (κ3) is 9.77. The first kappa shape index (κ1) is 44.1. The van der Waals surface area contributed by atoms with E-state index >= 15 is 0 Å². The number of aryl methyl sites for hydroxylation is 1. The number of imide groups is 1. The number of aromatic nitrogens is 5. The number of anilines is 1. The van der Waals surface area contributed by atoms with Gasteiger partial charge in [-0.2, -0.15) is 18.2 Å². The van der Waals surface area contributed by atoms with Gasteiger partial charge < -0.3 is 24.6 Å². The maximum atomic E-state index is 13.1. The average Bonchev–Trinajstić information content (AvgIpc) is 3.78. The maximum Gasteiger partial charge on any atom is 0.390 e. The molecule has 14 nitrogen and oxygen atoms in total. The number of hydrogen-bond donors (Lipinski definition) is 3. The predicted molar refractivity (Wildman–Crippen MR) is 237 cm³/mol. The Bertz CT molecular complexity index is 2510. The van der Waals surface area contributed by atoms with Crippen molar-refractivity contribution in [3.05, 3.63) is 76.5 Å². The number of hydrogen-bond acceptors (Lipinski definition) is 10. The van der Waals surface area contributed by atoms with Gasteiger partial charge in [0.2, 0.25) is 17.8 Å². The Morgan fingerprint density at radius 2 is 1.61 bits per heavy atom. The van der Waals surface area contributed by atoms with Crippen LogP contribution in [0.15, 0.2) is 59.7 Å². The van der Waals surface area contributed by atoms with Crippen LogP contribution in [0.2, 0.25) is 0 Å². The van der Waals surface area contributed by atoms with Crippen molar-refractivity contribution in [3.8, 4) is 11.1 Å². The summed E-state index contributed by atoms with van der Waals surface area (Å²) in [5, 5.41) is 16.1. The summed E-state index contributed by atoms with van der Waals surface area (Å²) in [5.41, 5.74) is 6.19. The van der Waals surface area contributed by atoms with Crippen molar-refractivity contribution in [1.82, 2.24) is 38.8 Å². The minimum absolute atomic E-state index is 0.134. The summed E-state index contributed by atoms with van der Waals surface area (Å²) in [6.07, 6.45) is 6.98. The Hall–Kier alpha value is -5.10. The molecule has 0 bridgehead atoms. The molecular weight excluding hydrogens is 828 g/mol. The van der Waals surface area contributed by atoms with Crippen LogP contribution < -0.4 is 16.3 Å². The second kappa shape index (κ2) is 18.8. The molecule has 0 radical (unpaired) electrons. The molecule has 6 heterocycles. The number of imidazole rings is 1. The molecule has 0 unspecified atom stereocenters. The lowest BCUT2D eigenvalue weighted by molar-refractivity contribution is -0.136. The van der Waals surface area contributed by atoms with E-state index < -0.39 is 24.5 Å². The van der Waals surface area contributed by atoms with E-state index in [1.807, 2.05) is 18.2 Å². The number of ether oxygens (including phenoxy) is 1. The van der Waals surface area contributed by atoms with Crippen molar-refractivity contribution < 1.29 is 32.6 Å². The Morgan fingerprint density at radius 3 is 2.33 bits per heavy atom.